The number of ether oxygens (including phenoxy) is 3. The van der Waals surface area contributed by atoms with E-state index in [1.807, 2.05) is 24.3 Å². The number of benzene rings is 1. The molecule has 0 unspecified atom stereocenters. The van der Waals surface area contributed by atoms with Crippen LogP contribution >= 0.6 is 12.0 Å². The van der Waals surface area contributed by atoms with Gasteiger partial charge in [-0.3, -0.25) is 4.18 Å². The van der Waals surface area contributed by atoms with Crippen LogP contribution in [0.5, 0.6) is 5.75 Å². The summed E-state index contributed by atoms with van der Waals surface area (Å²) in [6.45, 7) is 10.6. The van der Waals surface area contributed by atoms with Gasteiger partial charge in [0.25, 0.3) is 0 Å². The number of hydrogen-bond acceptors (Lipinski definition) is 5. The first kappa shape index (κ1) is 21.6. The zero-order valence-corrected chi connectivity index (χ0v) is 16.6. The topological polar surface area (TPSA) is 36.9 Å². The highest BCUT2D eigenvalue weighted by Crippen LogP contribution is 2.35. The summed E-state index contributed by atoms with van der Waals surface area (Å²) in [4.78, 5) is 0. The molecule has 0 amide bonds. The van der Waals surface area contributed by atoms with E-state index in [1.54, 1.807) is 14.2 Å². The predicted molar refractivity (Wildman–Crippen MR) is 104 cm³/mol. The quantitative estimate of drug-likeness (QED) is 0.211. The molecule has 4 nitrogen and oxygen atoms in total. The highest BCUT2D eigenvalue weighted by molar-refractivity contribution is 7.96. The van der Waals surface area contributed by atoms with Crippen LogP contribution in [0.15, 0.2) is 30.9 Å². The maximum atomic E-state index is 6.05. The molecule has 0 radical (unpaired) electrons. The van der Waals surface area contributed by atoms with Gasteiger partial charge in [0.2, 0.25) is 0 Å². The standard InChI is InChI=1S/C20H28O4S/c1-7-10-16-17(11-8-12-18(16)22-6)19(24-25-20(2,3)4)13-9-14-23-15-21-5/h7-8,11-12,19H,1,10,14-15H2,2-6H3/t19-/m0/s1. The van der Waals surface area contributed by atoms with Crippen LogP contribution < -0.4 is 4.74 Å². The molecular weight excluding hydrogens is 336 g/mol. The fourth-order valence-electron chi connectivity index (χ4n) is 2.04. The third-order valence-electron chi connectivity index (χ3n) is 3.02. The molecule has 1 aromatic carbocycles. The van der Waals surface area contributed by atoms with E-state index in [2.05, 4.69) is 39.2 Å². The molecule has 0 heterocycles. The molecule has 0 spiro atoms. The van der Waals surface area contributed by atoms with Crippen molar-refractivity contribution in [3.63, 3.8) is 0 Å². The first-order valence-electron chi connectivity index (χ1n) is 8.09. The van der Waals surface area contributed by atoms with Crippen LogP contribution in [0.1, 0.15) is 38.0 Å². The molecule has 0 aliphatic carbocycles. The second-order valence-corrected chi connectivity index (χ2v) is 7.85. The predicted octanol–water partition coefficient (Wildman–Crippen LogP) is 4.55. The largest absolute Gasteiger partial charge is 0.496 e. The molecule has 25 heavy (non-hydrogen) atoms. The first-order valence-corrected chi connectivity index (χ1v) is 8.83. The molecule has 0 saturated carbocycles. The summed E-state index contributed by atoms with van der Waals surface area (Å²) in [5.41, 5.74) is 2.02. The summed E-state index contributed by atoms with van der Waals surface area (Å²) >= 11 is 1.41. The number of hydrogen-bond donors (Lipinski definition) is 0. The highest BCUT2D eigenvalue weighted by Gasteiger charge is 2.20. The van der Waals surface area contributed by atoms with E-state index in [4.69, 9.17) is 18.4 Å². The molecule has 0 saturated heterocycles. The molecule has 0 N–H and O–H groups in total. The first-order chi connectivity index (χ1) is 11.9. The Morgan fingerprint density at radius 3 is 2.64 bits per heavy atom. The van der Waals surface area contributed by atoms with Crippen molar-refractivity contribution in [3.8, 4) is 17.6 Å². The molecule has 138 valence electrons. The fraction of sp³-hybridized carbons (Fsp3) is 0.500. The maximum absolute atomic E-state index is 6.05. The SMILES string of the molecule is C=CCc1c(OC)cccc1[C@H](C#CCOCOC)OSC(C)(C)C. The third-order valence-corrected chi connectivity index (χ3v) is 3.81. The minimum absolute atomic E-state index is 0.0378. The van der Waals surface area contributed by atoms with Gasteiger partial charge in [0.1, 0.15) is 19.1 Å². The van der Waals surface area contributed by atoms with Crippen molar-refractivity contribution in [1.29, 1.82) is 0 Å². The van der Waals surface area contributed by atoms with Crippen LogP contribution in [-0.2, 0) is 20.1 Å². The zero-order valence-electron chi connectivity index (χ0n) is 15.8. The lowest BCUT2D eigenvalue weighted by Gasteiger charge is -2.22. The van der Waals surface area contributed by atoms with Crippen LogP contribution in [0.4, 0.5) is 0 Å². The molecule has 1 aromatic rings. The van der Waals surface area contributed by atoms with Crippen LogP contribution in [0.3, 0.4) is 0 Å². The smallest absolute Gasteiger partial charge is 0.158 e. The molecule has 5 heteroatoms. The summed E-state index contributed by atoms with van der Waals surface area (Å²) < 4.78 is 21.6. The monoisotopic (exact) mass is 364 g/mol. The van der Waals surface area contributed by atoms with E-state index in [0.29, 0.717) is 6.42 Å². The molecular formula is C20H28O4S. The zero-order chi connectivity index (χ0) is 18.7. The van der Waals surface area contributed by atoms with E-state index in [-0.39, 0.29) is 24.3 Å². The van der Waals surface area contributed by atoms with Gasteiger partial charge in [0.15, 0.2) is 6.10 Å². The Balaban J connectivity index is 3.10. The molecule has 0 aliphatic heterocycles. The molecule has 0 fully saturated rings. The molecule has 1 rings (SSSR count). The second kappa shape index (κ2) is 11.2. The molecule has 1 atom stereocenters. The Bertz CT molecular complexity index is 596. The van der Waals surface area contributed by atoms with Crippen molar-refractivity contribution in [3.05, 3.63) is 42.0 Å². The molecule has 0 bridgehead atoms. The second-order valence-electron chi connectivity index (χ2n) is 6.27. The summed E-state index contributed by atoms with van der Waals surface area (Å²) in [7, 11) is 3.24. The number of rotatable bonds is 9. The van der Waals surface area contributed by atoms with Gasteiger partial charge >= 0.3 is 0 Å². The van der Waals surface area contributed by atoms with Crippen molar-refractivity contribution in [2.45, 2.75) is 38.0 Å². The fourth-order valence-corrected chi connectivity index (χ4v) is 2.58. The number of allylic oxidation sites excluding steroid dienone is 1. The van der Waals surface area contributed by atoms with Crippen molar-refractivity contribution in [2.24, 2.45) is 0 Å². The summed E-state index contributed by atoms with van der Waals surface area (Å²) in [6.07, 6.45) is 2.14. The molecule has 0 aliphatic rings. The lowest BCUT2D eigenvalue weighted by Crippen LogP contribution is -2.11. The van der Waals surface area contributed by atoms with E-state index in [1.165, 1.54) is 12.0 Å². The summed E-state index contributed by atoms with van der Waals surface area (Å²) in [6, 6.07) is 5.90. The lowest BCUT2D eigenvalue weighted by atomic mass is 9.99. The van der Waals surface area contributed by atoms with E-state index in [9.17, 15) is 0 Å². The van der Waals surface area contributed by atoms with Crippen molar-refractivity contribution in [1.82, 2.24) is 0 Å². The molecule has 0 aromatic heterocycles. The van der Waals surface area contributed by atoms with Gasteiger partial charge in [0.05, 0.1) is 7.11 Å². The Labute approximate surface area is 156 Å². The Hall–Kier alpha value is -1.45. The van der Waals surface area contributed by atoms with Gasteiger partial charge in [-0.15, -0.1) is 6.58 Å². The van der Waals surface area contributed by atoms with Gasteiger partial charge in [0, 0.05) is 23.0 Å². The van der Waals surface area contributed by atoms with Gasteiger partial charge in [-0.25, -0.2) is 0 Å². The third kappa shape index (κ3) is 7.98. The Morgan fingerprint density at radius 2 is 2.04 bits per heavy atom. The minimum atomic E-state index is -0.389. The van der Waals surface area contributed by atoms with Crippen molar-refractivity contribution in [2.75, 3.05) is 27.6 Å². The number of methoxy groups -OCH3 is 2. The van der Waals surface area contributed by atoms with Crippen LogP contribution in [0.25, 0.3) is 0 Å². The summed E-state index contributed by atoms with van der Waals surface area (Å²) in [5.74, 6) is 6.97. The lowest BCUT2D eigenvalue weighted by molar-refractivity contribution is -0.0166. The maximum Gasteiger partial charge on any atom is 0.158 e. The van der Waals surface area contributed by atoms with Crippen LogP contribution in [-0.4, -0.2) is 32.4 Å². The van der Waals surface area contributed by atoms with Crippen LogP contribution in [0, 0.1) is 11.8 Å². The van der Waals surface area contributed by atoms with E-state index >= 15 is 0 Å². The van der Waals surface area contributed by atoms with E-state index in [0.717, 1.165) is 16.9 Å². The normalized spacial score (nSPS) is 12.2. The Morgan fingerprint density at radius 1 is 1.28 bits per heavy atom. The van der Waals surface area contributed by atoms with E-state index < -0.39 is 0 Å². The van der Waals surface area contributed by atoms with Gasteiger partial charge in [-0.05, 0) is 45.3 Å². The van der Waals surface area contributed by atoms with Gasteiger partial charge in [-0.1, -0.05) is 30.0 Å². The van der Waals surface area contributed by atoms with Gasteiger partial charge in [-0.2, -0.15) is 0 Å². The average molecular weight is 365 g/mol. The Kier molecular flexibility index (Phi) is 9.69. The van der Waals surface area contributed by atoms with Crippen LogP contribution in [0.2, 0.25) is 0 Å². The van der Waals surface area contributed by atoms with Gasteiger partial charge < -0.3 is 14.2 Å². The average Bonchev–Trinajstić information content (AvgIpc) is 2.57. The minimum Gasteiger partial charge on any atom is -0.496 e. The van der Waals surface area contributed by atoms with Crippen molar-refractivity contribution < 1.29 is 18.4 Å². The highest BCUT2D eigenvalue weighted by atomic mass is 32.2. The van der Waals surface area contributed by atoms with Crippen molar-refractivity contribution >= 4 is 12.0 Å². The summed E-state index contributed by atoms with van der Waals surface area (Å²) in [5, 5.41) is 0.